The molecule has 3 aromatic rings. The van der Waals surface area contributed by atoms with Gasteiger partial charge in [0.1, 0.15) is 0 Å². The number of hydrogen-bond acceptors (Lipinski definition) is 5. The number of carbonyl (C=O) groups is 2. The number of anilines is 1. The number of benzene rings is 2. The van der Waals surface area contributed by atoms with Crippen LogP contribution in [0.3, 0.4) is 0 Å². The molecule has 10 heteroatoms. The first-order valence-electron chi connectivity index (χ1n) is 13.1. The van der Waals surface area contributed by atoms with Crippen LogP contribution >= 0.6 is 11.6 Å². The highest BCUT2D eigenvalue weighted by molar-refractivity contribution is 6.30. The summed E-state index contributed by atoms with van der Waals surface area (Å²) in [6.07, 6.45) is 7.80. The molecule has 1 saturated heterocycles. The van der Waals surface area contributed by atoms with Crippen molar-refractivity contribution in [3.05, 3.63) is 82.3 Å². The maximum absolute atomic E-state index is 13.4. The number of allylic oxidation sites excluding steroid dienone is 2. The van der Waals surface area contributed by atoms with Crippen molar-refractivity contribution in [2.75, 3.05) is 37.6 Å². The third-order valence-electron chi connectivity index (χ3n) is 6.96. The molecular weight excluding hydrogens is 520 g/mol. The predicted octanol–water partition coefficient (Wildman–Crippen LogP) is 4.41. The number of rotatable bonds is 7. The minimum absolute atomic E-state index is 0.106. The van der Waals surface area contributed by atoms with E-state index in [0.717, 1.165) is 74.6 Å². The summed E-state index contributed by atoms with van der Waals surface area (Å²) in [6, 6.07) is 16.3. The number of para-hydroxylation sites is 2. The van der Waals surface area contributed by atoms with Crippen LogP contribution in [-0.4, -0.2) is 68.9 Å². The Morgan fingerprint density at radius 3 is 2.08 bits per heavy atom. The number of hydrogen-bond donors (Lipinski definition) is 2. The van der Waals surface area contributed by atoms with Gasteiger partial charge in [0.25, 0.3) is 0 Å². The van der Waals surface area contributed by atoms with Crippen molar-refractivity contribution in [1.29, 1.82) is 0 Å². The summed E-state index contributed by atoms with van der Waals surface area (Å²) in [6.45, 7) is 5.60. The lowest BCUT2D eigenvalue weighted by Crippen LogP contribution is -2.47. The van der Waals surface area contributed by atoms with E-state index in [1.165, 1.54) is 17.8 Å². The van der Waals surface area contributed by atoms with Gasteiger partial charge in [-0.1, -0.05) is 29.8 Å². The molecule has 5 rings (SSSR count). The zero-order chi connectivity index (χ0) is 27.8. The molecule has 2 aromatic carbocycles. The Morgan fingerprint density at radius 2 is 1.49 bits per heavy atom. The lowest BCUT2D eigenvalue weighted by atomic mass is 10.0. The minimum Gasteiger partial charge on any atom is -0.478 e. The molecule has 1 aliphatic heterocycles. The molecule has 2 aliphatic rings. The van der Waals surface area contributed by atoms with Crippen LogP contribution < -0.4 is 10.6 Å². The monoisotopic (exact) mass is 552 g/mol. The molecule has 2 heterocycles. The number of fused-ring (bicyclic) bond motifs is 1. The smallest absolute Gasteiger partial charge is 0.333 e. The Hall–Kier alpha value is -3.82. The largest absolute Gasteiger partial charge is 0.478 e. The maximum atomic E-state index is 13.4. The molecular formula is C29H33ClN4O5. The van der Waals surface area contributed by atoms with Gasteiger partial charge >= 0.3 is 17.6 Å². The van der Waals surface area contributed by atoms with Gasteiger partial charge in [0, 0.05) is 67.8 Å². The third-order valence-corrected chi connectivity index (χ3v) is 7.21. The molecule has 0 amide bonds. The summed E-state index contributed by atoms with van der Waals surface area (Å²) < 4.78 is 3.92. The summed E-state index contributed by atoms with van der Waals surface area (Å²) in [7, 11) is 0. The normalized spacial score (nSPS) is 16.1. The number of carboxylic acid groups (broad SMARTS) is 2. The Labute approximate surface area is 231 Å². The van der Waals surface area contributed by atoms with Crippen molar-refractivity contribution >= 4 is 46.0 Å². The first-order chi connectivity index (χ1) is 18.8. The molecule has 0 atom stereocenters. The van der Waals surface area contributed by atoms with Gasteiger partial charge in [-0.3, -0.25) is 14.0 Å². The molecule has 9 nitrogen and oxygen atoms in total. The second-order valence-electron chi connectivity index (χ2n) is 9.51. The van der Waals surface area contributed by atoms with E-state index in [0.29, 0.717) is 12.2 Å². The van der Waals surface area contributed by atoms with E-state index in [1.807, 2.05) is 33.4 Å². The highest BCUT2D eigenvalue weighted by atomic mass is 35.5. The van der Waals surface area contributed by atoms with Crippen molar-refractivity contribution in [3.63, 3.8) is 0 Å². The number of nitrogens with zero attached hydrogens (tertiary/aromatic N) is 4. The molecule has 1 aromatic heterocycles. The molecule has 0 saturated carbocycles. The topological polar surface area (TPSA) is 108 Å². The average Bonchev–Trinajstić information content (AvgIpc) is 3.23. The number of piperazine rings is 1. The van der Waals surface area contributed by atoms with E-state index in [-0.39, 0.29) is 5.69 Å². The van der Waals surface area contributed by atoms with Crippen LogP contribution in [0.1, 0.15) is 25.7 Å². The van der Waals surface area contributed by atoms with Crippen LogP contribution in [0, 0.1) is 0 Å². The fraction of sp³-hybridized carbons (Fsp3) is 0.345. The molecule has 1 aliphatic carbocycles. The first kappa shape index (κ1) is 28.2. The standard InChI is InChI=1S/C25H29ClN4O.C4H4O4/c26-20-10-12-21(13-11-20)28-17-14-27(15-18-28)16-19-29-23-8-4-5-9-24(23)30(25(29)31)22-6-2-1-3-7-22;5-3(6)1-2-4(7)8/h4-6,8-13H,1-3,7,14-19H2;1-2H,(H,5,6)(H,7,8)/b;2-1+. The number of carboxylic acids is 2. The van der Waals surface area contributed by atoms with E-state index < -0.39 is 11.9 Å². The highest BCUT2D eigenvalue weighted by Crippen LogP contribution is 2.25. The number of aliphatic carboxylic acids is 2. The summed E-state index contributed by atoms with van der Waals surface area (Å²) in [5, 5.41) is 16.4. The molecule has 39 heavy (non-hydrogen) atoms. The van der Waals surface area contributed by atoms with Crippen LogP contribution in [0.4, 0.5) is 5.69 Å². The van der Waals surface area contributed by atoms with Gasteiger partial charge in [-0.2, -0.15) is 0 Å². The van der Waals surface area contributed by atoms with Gasteiger partial charge < -0.3 is 15.1 Å². The molecule has 0 unspecified atom stereocenters. The summed E-state index contributed by atoms with van der Waals surface area (Å²) in [4.78, 5) is 37.3. The molecule has 0 bridgehead atoms. The minimum atomic E-state index is -1.26. The maximum Gasteiger partial charge on any atom is 0.333 e. The van der Waals surface area contributed by atoms with E-state index >= 15 is 0 Å². The zero-order valence-corrected chi connectivity index (χ0v) is 22.5. The molecule has 0 radical (unpaired) electrons. The Morgan fingerprint density at radius 1 is 0.846 bits per heavy atom. The van der Waals surface area contributed by atoms with E-state index in [9.17, 15) is 14.4 Å². The average molecular weight is 553 g/mol. The van der Waals surface area contributed by atoms with Crippen molar-refractivity contribution in [2.24, 2.45) is 0 Å². The number of aromatic nitrogens is 2. The van der Waals surface area contributed by atoms with Crippen LogP contribution in [0.5, 0.6) is 0 Å². The van der Waals surface area contributed by atoms with Crippen LogP contribution in [0.2, 0.25) is 5.02 Å². The quantitative estimate of drug-likeness (QED) is 0.418. The highest BCUT2D eigenvalue weighted by Gasteiger charge is 2.20. The van der Waals surface area contributed by atoms with E-state index in [2.05, 4.69) is 40.1 Å². The SMILES string of the molecule is O=C(O)/C=C/C(=O)O.O=c1n(CCN2CCN(c3ccc(Cl)cc3)CC2)c2ccccc2n1C1=CCCCC1. The van der Waals surface area contributed by atoms with Crippen LogP contribution in [0.15, 0.2) is 71.6 Å². The summed E-state index contributed by atoms with van der Waals surface area (Å²) >= 11 is 6.02. The Kier molecular flexibility index (Phi) is 9.62. The molecule has 1 fully saturated rings. The molecule has 2 N–H and O–H groups in total. The van der Waals surface area contributed by atoms with Gasteiger partial charge in [-0.25, -0.2) is 14.4 Å². The van der Waals surface area contributed by atoms with Gasteiger partial charge in [0.05, 0.1) is 11.0 Å². The second kappa shape index (κ2) is 13.3. The Balaban J connectivity index is 0.000000386. The number of imidazole rings is 1. The van der Waals surface area contributed by atoms with Crippen LogP contribution in [0.25, 0.3) is 16.7 Å². The molecule has 0 spiro atoms. The van der Waals surface area contributed by atoms with E-state index in [1.54, 1.807) is 0 Å². The molecule has 206 valence electrons. The summed E-state index contributed by atoms with van der Waals surface area (Å²) in [5.74, 6) is -2.51. The first-order valence-corrected chi connectivity index (χ1v) is 13.5. The van der Waals surface area contributed by atoms with Crippen molar-refractivity contribution in [3.8, 4) is 0 Å². The van der Waals surface area contributed by atoms with Gasteiger partial charge in [-0.15, -0.1) is 0 Å². The fourth-order valence-corrected chi connectivity index (χ4v) is 5.12. The predicted molar refractivity (Wildman–Crippen MR) is 153 cm³/mol. The summed E-state index contributed by atoms with van der Waals surface area (Å²) in [5.41, 5.74) is 4.58. The lowest BCUT2D eigenvalue weighted by Gasteiger charge is -2.36. The van der Waals surface area contributed by atoms with Crippen LogP contribution in [-0.2, 0) is 16.1 Å². The second-order valence-corrected chi connectivity index (χ2v) is 9.95. The zero-order valence-electron chi connectivity index (χ0n) is 21.7. The van der Waals surface area contributed by atoms with E-state index in [4.69, 9.17) is 21.8 Å². The van der Waals surface area contributed by atoms with Crippen molar-refractivity contribution in [1.82, 2.24) is 14.0 Å². The Bertz CT molecular complexity index is 1400. The lowest BCUT2D eigenvalue weighted by molar-refractivity contribution is -0.134. The number of halogens is 1. The van der Waals surface area contributed by atoms with Gasteiger partial charge in [0.15, 0.2) is 0 Å². The van der Waals surface area contributed by atoms with Gasteiger partial charge in [-0.05, 0) is 62.1 Å². The fourth-order valence-electron chi connectivity index (χ4n) is 4.99. The van der Waals surface area contributed by atoms with Gasteiger partial charge in [0.2, 0.25) is 0 Å². The third kappa shape index (κ3) is 7.40. The van der Waals surface area contributed by atoms with Crippen molar-refractivity contribution in [2.45, 2.75) is 32.2 Å². The van der Waals surface area contributed by atoms with Crippen molar-refractivity contribution < 1.29 is 19.8 Å².